The predicted molar refractivity (Wildman–Crippen MR) is 191 cm³/mol. The van der Waals surface area contributed by atoms with Crippen molar-refractivity contribution in [3.8, 4) is 0 Å². The maximum absolute atomic E-state index is 15.1. The third-order valence-corrected chi connectivity index (χ3v) is 12.3. The van der Waals surface area contributed by atoms with Crippen molar-refractivity contribution in [3.63, 3.8) is 0 Å². The number of likely N-dealkylation sites (tertiary alicyclic amines) is 1. The Labute approximate surface area is 282 Å². The molecule has 1 N–H and O–H groups in total. The topological polar surface area (TPSA) is 81.2 Å². The van der Waals surface area contributed by atoms with Crippen molar-refractivity contribution in [3.05, 3.63) is 98.1 Å². The molecule has 3 aromatic carbocycles. The van der Waals surface area contributed by atoms with Gasteiger partial charge >= 0.3 is 0 Å². The number of carbonyl (C=O) groups is 3. The highest BCUT2D eigenvalue weighted by Crippen LogP contribution is 2.71. The van der Waals surface area contributed by atoms with Gasteiger partial charge in [-0.2, -0.15) is 0 Å². The second kappa shape index (κ2) is 13.7. The summed E-state index contributed by atoms with van der Waals surface area (Å²) in [5.74, 6) is -1.48. The van der Waals surface area contributed by atoms with E-state index >= 15 is 4.79 Å². The van der Waals surface area contributed by atoms with E-state index < -0.39 is 27.4 Å². The summed E-state index contributed by atoms with van der Waals surface area (Å²) in [6.07, 6.45) is 8.04. The molecule has 246 valence electrons. The maximum atomic E-state index is 15.1. The van der Waals surface area contributed by atoms with E-state index in [1.54, 1.807) is 33.7 Å². The van der Waals surface area contributed by atoms with Crippen LogP contribution in [0.15, 0.2) is 98.1 Å². The van der Waals surface area contributed by atoms with E-state index in [9.17, 15) is 14.7 Å². The maximum Gasteiger partial charge on any atom is 0.251 e. The number of carbonyl (C=O) groups excluding carboxylic acids is 3. The second-order valence-corrected chi connectivity index (χ2v) is 15.1. The molecule has 7 nitrogen and oxygen atoms in total. The number of thioether (sulfide) groups is 1. The van der Waals surface area contributed by atoms with Crippen molar-refractivity contribution in [2.45, 2.75) is 61.0 Å². The highest BCUT2D eigenvalue weighted by atomic mass is 32.2. The van der Waals surface area contributed by atoms with Gasteiger partial charge in [-0.3, -0.25) is 14.4 Å². The largest absolute Gasteiger partial charge is 0.396 e. The zero-order valence-electron chi connectivity index (χ0n) is 27.2. The molecule has 3 aromatic rings. The molecule has 2 unspecified atom stereocenters. The number of fused-ring (bicyclic) bond motifs is 2. The van der Waals surface area contributed by atoms with Crippen LogP contribution in [0.5, 0.6) is 0 Å². The molecule has 0 aliphatic carbocycles. The Bertz CT molecular complexity index is 1660. The lowest BCUT2D eigenvalue weighted by Crippen LogP contribution is -2.55. The second-order valence-electron chi connectivity index (χ2n) is 13.2. The third kappa shape index (κ3) is 5.80. The minimum Gasteiger partial charge on any atom is -0.396 e. The molecule has 3 aliphatic rings. The van der Waals surface area contributed by atoms with Crippen molar-refractivity contribution in [2.24, 2.45) is 11.8 Å². The molecule has 0 saturated carbocycles. The zero-order chi connectivity index (χ0) is 33.2. The number of hydrogen-bond donors (Lipinski definition) is 1. The number of hydrogen-bond acceptors (Lipinski definition) is 5. The van der Waals surface area contributed by atoms with Crippen LogP contribution in [0.2, 0.25) is 0 Å². The normalized spacial score (nSPS) is 26.0. The Morgan fingerprint density at radius 2 is 1.53 bits per heavy atom. The SMILES string of the molecule is C=CCN(C(=O)C1N(CCCCCCO)C(=O)[C@@H]2[C@H](C(=O)N(CC=C)c3ccccc3)[C@]3(C)CCC12S3)c1ccc2ccccc2c1. The van der Waals surface area contributed by atoms with Crippen LogP contribution in [0.25, 0.3) is 10.8 Å². The Morgan fingerprint density at radius 3 is 2.23 bits per heavy atom. The molecule has 3 saturated heterocycles. The van der Waals surface area contributed by atoms with Crippen LogP contribution in [0.3, 0.4) is 0 Å². The van der Waals surface area contributed by atoms with E-state index in [2.05, 4.69) is 20.1 Å². The molecule has 3 aliphatic heterocycles. The fourth-order valence-corrected chi connectivity index (χ4v) is 10.6. The van der Waals surface area contributed by atoms with Crippen molar-refractivity contribution in [1.82, 2.24) is 4.90 Å². The monoisotopic (exact) mass is 651 g/mol. The number of aliphatic hydroxyl groups is 1. The Balaban J connectivity index is 1.40. The fraction of sp³-hybridized carbons (Fsp3) is 0.410. The summed E-state index contributed by atoms with van der Waals surface area (Å²) < 4.78 is -1.20. The van der Waals surface area contributed by atoms with Crippen molar-refractivity contribution in [2.75, 3.05) is 36.0 Å². The van der Waals surface area contributed by atoms with Gasteiger partial charge in [0.1, 0.15) is 6.04 Å². The smallest absolute Gasteiger partial charge is 0.251 e. The average Bonchev–Trinajstić information content (AvgIpc) is 3.66. The van der Waals surface area contributed by atoms with Gasteiger partial charge in [0.15, 0.2) is 0 Å². The van der Waals surface area contributed by atoms with Crippen LogP contribution >= 0.6 is 11.8 Å². The summed E-state index contributed by atoms with van der Waals surface area (Å²) in [5, 5.41) is 11.4. The van der Waals surface area contributed by atoms with E-state index in [0.717, 1.165) is 47.8 Å². The summed E-state index contributed by atoms with van der Waals surface area (Å²) in [7, 11) is 0. The Hall–Kier alpha value is -3.88. The number of unbranched alkanes of at least 4 members (excludes halogenated alkanes) is 3. The van der Waals surface area contributed by atoms with Crippen LogP contribution in [0.1, 0.15) is 45.4 Å². The van der Waals surface area contributed by atoms with Gasteiger partial charge in [0, 0.05) is 42.4 Å². The van der Waals surface area contributed by atoms with E-state index in [-0.39, 0.29) is 24.3 Å². The average molecular weight is 652 g/mol. The van der Waals surface area contributed by atoms with Crippen LogP contribution < -0.4 is 9.80 Å². The molecule has 0 aromatic heterocycles. The molecule has 3 fully saturated rings. The van der Waals surface area contributed by atoms with Crippen LogP contribution in [-0.2, 0) is 14.4 Å². The van der Waals surface area contributed by atoms with Gasteiger partial charge in [0.05, 0.1) is 16.6 Å². The summed E-state index contributed by atoms with van der Waals surface area (Å²) in [4.78, 5) is 49.8. The fourth-order valence-electron chi connectivity index (χ4n) is 8.24. The minimum absolute atomic E-state index is 0.0838. The summed E-state index contributed by atoms with van der Waals surface area (Å²) >= 11 is 1.70. The summed E-state index contributed by atoms with van der Waals surface area (Å²) in [5.41, 5.74) is 1.54. The third-order valence-electron chi connectivity index (χ3n) is 10.4. The van der Waals surface area contributed by atoms with E-state index in [1.807, 2.05) is 77.7 Å². The Morgan fingerprint density at radius 1 is 0.872 bits per heavy atom. The molecular formula is C39H45N3O4S. The van der Waals surface area contributed by atoms with Crippen LogP contribution in [0, 0.1) is 11.8 Å². The standard InChI is InChI=1S/C39H45N3O4S/c1-4-23-40(30-17-9-8-10-18-30)35(44)32-33-36(45)42(25-13-6-7-14-26-43)34(39(33)22-21-38(32,3)47-39)37(46)41(24-5-2)31-20-19-28-15-11-12-16-29(28)27-31/h4-5,8-12,15-20,27,32-34,43H,1-2,6-7,13-14,21-26H2,3H3/t32-,33+,34?,38+,39?/m1/s1. The quantitative estimate of drug-likeness (QED) is 0.157. The van der Waals surface area contributed by atoms with Gasteiger partial charge in [-0.15, -0.1) is 24.9 Å². The lowest BCUT2D eigenvalue weighted by Gasteiger charge is -2.38. The van der Waals surface area contributed by atoms with Crippen molar-refractivity contribution < 1.29 is 19.5 Å². The van der Waals surface area contributed by atoms with Gasteiger partial charge in [0.25, 0.3) is 5.91 Å². The van der Waals surface area contributed by atoms with E-state index in [4.69, 9.17) is 0 Å². The molecule has 6 rings (SSSR count). The number of rotatable bonds is 14. The number of para-hydroxylation sites is 1. The molecule has 5 atom stereocenters. The number of amides is 3. The molecular weight excluding hydrogens is 607 g/mol. The molecule has 2 bridgehead atoms. The van der Waals surface area contributed by atoms with Gasteiger partial charge in [-0.1, -0.05) is 73.5 Å². The van der Waals surface area contributed by atoms with Crippen LogP contribution in [0.4, 0.5) is 11.4 Å². The first-order chi connectivity index (χ1) is 22.8. The summed E-state index contributed by atoms with van der Waals surface area (Å²) in [6, 6.07) is 22.9. The predicted octanol–water partition coefficient (Wildman–Crippen LogP) is 6.61. The lowest BCUT2D eigenvalue weighted by molar-refractivity contribution is -0.139. The highest BCUT2D eigenvalue weighted by molar-refractivity contribution is 8.02. The number of aliphatic hydroxyl groups excluding tert-OH is 1. The number of benzene rings is 3. The molecule has 47 heavy (non-hydrogen) atoms. The van der Waals surface area contributed by atoms with E-state index in [1.165, 1.54) is 0 Å². The van der Waals surface area contributed by atoms with Crippen molar-refractivity contribution in [1.29, 1.82) is 0 Å². The van der Waals surface area contributed by atoms with Gasteiger partial charge in [-0.05, 0) is 67.6 Å². The highest BCUT2D eigenvalue weighted by Gasteiger charge is 2.77. The van der Waals surface area contributed by atoms with Crippen molar-refractivity contribution >= 4 is 51.6 Å². The van der Waals surface area contributed by atoms with Gasteiger partial charge in [-0.25, -0.2) is 0 Å². The first kappa shape index (κ1) is 33.0. The molecule has 3 heterocycles. The minimum atomic E-state index is -0.721. The van der Waals surface area contributed by atoms with Gasteiger partial charge < -0.3 is 19.8 Å². The molecule has 8 heteroatoms. The first-order valence-corrected chi connectivity index (χ1v) is 17.6. The van der Waals surface area contributed by atoms with Crippen LogP contribution in [-0.4, -0.2) is 69.5 Å². The number of nitrogens with zero attached hydrogens (tertiary/aromatic N) is 3. The number of anilines is 2. The summed E-state index contributed by atoms with van der Waals surface area (Å²) in [6.45, 7) is 11.2. The molecule has 0 radical (unpaired) electrons. The van der Waals surface area contributed by atoms with Gasteiger partial charge in [0.2, 0.25) is 11.8 Å². The lowest BCUT2D eigenvalue weighted by atomic mass is 9.66. The molecule has 1 spiro atoms. The first-order valence-electron chi connectivity index (χ1n) is 16.8. The zero-order valence-corrected chi connectivity index (χ0v) is 28.0. The molecule has 3 amide bonds. The van der Waals surface area contributed by atoms with E-state index in [0.29, 0.717) is 32.5 Å². The Kier molecular flexibility index (Phi) is 9.62.